The van der Waals surface area contributed by atoms with E-state index in [2.05, 4.69) is 11.0 Å². The van der Waals surface area contributed by atoms with E-state index in [0.717, 1.165) is 30.3 Å². The van der Waals surface area contributed by atoms with Gasteiger partial charge in [-0.05, 0) is 32.0 Å². The second-order valence-electron chi connectivity index (χ2n) is 5.81. The Morgan fingerprint density at radius 2 is 1.87 bits per heavy atom. The molecule has 0 atom stereocenters. The van der Waals surface area contributed by atoms with Gasteiger partial charge >= 0.3 is 0 Å². The van der Waals surface area contributed by atoms with Crippen molar-refractivity contribution in [3.63, 3.8) is 0 Å². The van der Waals surface area contributed by atoms with Crippen LogP contribution in [0.5, 0.6) is 5.75 Å². The summed E-state index contributed by atoms with van der Waals surface area (Å²) in [5.41, 5.74) is 1.81. The Morgan fingerprint density at radius 3 is 2.48 bits per heavy atom. The Hall–Kier alpha value is -2.43. The first kappa shape index (κ1) is 15.5. The van der Waals surface area contributed by atoms with Crippen LogP contribution in [0.15, 0.2) is 34.7 Å². The lowest BCUT2D eigenvalue weighted by molar-refractivity contribution is 0.0745. The average Bonchev–Trinajstić information content (AvgIpc) is 2.93. The Labute approximate surface area is 136 Å². The van der Waals surface area contributed by atoms with Crippen LogP contribution in [0.3, 0.4) is 0 Å². The standard InChI is InChI=1S/C18H22N2O3/c1-13-11-17(14(2)23-13)18(21)20-9-7-19(8-10-20)15-5-4-6-16(12-15)22-3/h4-6,11-12H,7-10H2,1-3H3. The van der Waals surface area contributed by atoms with Gasteiger partial charge in [0.15, 0.2) is 0 Å². The number of benzene rings is 1. The zero-order valence-corrected chi connectivity index (χ0v) is 13.8. The molecule has 0 N–H and O–H groups in total. The Bertz CT molecular complexity index is 700. The predicted molar refractivity (Wildman–Crippen MR) is 89.3 cm³/mol. The molecule has 5 nitrogen and oxygen atoms in total. The molecule has 1 saturated heterocycles. The smallest absolute Gasteiger partial charge is 0.257 e. The van der Waals surface area contributed by atoms with Crippen molar-refractivity contribution in [2.75, 3.05) is 38.2 Å². The number of ether oxygens (including phenoxy) is 1. The lowest BCUT2D eigenvalue weighted by atomic mass is 10.2. The second kappa shape index (κ2) is 6.36. The first-order chi connectivity index (χ1) is 11.1. The van der Waals surface area contributed by atoms with Crippen LogP contribution in [0.25, 0.3) is 0 Å². The molecule has 3 rings (SSSR count). The largest absolute Gasteiger partial charge is 0.497 e. The Balaban J connectivity index is 1.66. The van der Waals surface area contributed by atoms with Crippen LogP contribution in [0.2, 0.25) is 0 Å². The number of furan rings is 1. The molecule has 1 aromatic heterocycles. The van der Waals surface area contributed by atoms with Crippen LogP contribution in [0.1, 0.15) is 21.9 Å². The van der Waals surface area contributed by atoms with Gasteiger partial charge in [-0.2, -0.15) is 0 Å². The van der Waals surface area contributed by atoms with Gasteiger partial charge < -0.3 is 19.0 Å². The molecule has 1 aliphatic rings. The zero-order chi connectivity index (χ0) is 16.4. The normalized spacial score (nSPS) is 14.9. The molecule has 0 radical (unpaired) electrons. The van der Waals surface area contributed by atoms with Gasteiger partial charge in [0.25, 0.3) is 5.91 Å². The monoisotopic (exact) mass is 314 g/mol. The Morgan fingerprint density at radius 1 is 1.13 bits per heavy atom. The maximum Gasteiger partial charge on any atom is 0.257 e. The van der Waals surface area contributed by atoms with E-state index in [-0.39, 0.29) is 5.91 Å². The first-order valence-corrected chi connectivity index (χ1v) is 7.84. The van der Waals surface area contributed by atoms with Crippen LogP contribution < -0.4 is 9.64 Å². The van der Waals surface area contributed by atoms with Crippen molar-refractivity contribution in [2.24, 2.45) is 0 Å². The maximum atomic E-state index is 12.6. The molecule has 0 bridgehead atoms. The number of hydrogen-bond donors (Lipinski definition) is 0. The van der Waals surface area contributed by atoms with E-state index in [1.54, 1.807) is 7.11 Å². The number of carbonyl (C=O) groups is 1. The third-order valence-electron chi connectivity index (χ3n) is 4.26. The fraction of sp³-hybridized carbons (Fsp3) is 0.389. The highest BCUT2D eigenvalue weighted by molar-refractivity contribution is 5.95. The number of methoxy groups -OCH3 is 1. The minimum Gasteiger partial charge on any atom is -0.497 e. The van der Waals surface area contributed by atoms with Crippen molar-refractivity contribution < 1.29 is 13.9 Å². The first-order valence-electron chi connectivity index (χ1n) is 7.84. The fourth-order valence-electron chi connectivity index (χ4n) is 2.99. The average molecular weight is 314 g/mol. The predicted octanol–water partition coefficient (Wildman–Crippen LogP) is 2.87. The minimum atomic E-state index is 0.0599. The molecule has 0 saturated carbocycles. The molecule has 122 valence electrons. The van der Waals surface area contributed by atoms with Gasteiger partial charge in [-0.25, -0.2) is 0 Å². The minimum absolute atomic E-state index is 0.0599. The number of hydrogen-bond acceptors (Lipinski definition) is 4. The lowest BCUT2D eigenvalue weighted by Crippen LogP contribution is -2.48. The van der Waals surface area contributed by atoms with E-state index in [4.69, 9.17) is 9.15 Å². The van der Waals surface area contributed by atoms with Gasteiger partial charge in [-0.1, -0.05) is 6.07 Å². The highest BCUT2D eigenvalue weighted by atomic mass is 16.5. The molecular formula is C18H22N2O3. The van der Waals surface area contributed by atoms with Crippen LogP contribution in [0.4, 0.5) is 5.69 Å². The van der Waals surface area contributed by atoms with Crippen molar-refractivity contribution in [3.8, 4) is 5.75 Å². The highest BCUT2D eigenvalue weighted by Gasteiger charge is 2.25. The van der Waals surface area contributed by atoms with Crippen LogP contribution in [-0.4, -0.2) is 44.1 Å². The van der Waals surface area contributed by atoms with Gasteiger partial charge in [0.05, 0.1) is 12.7 Å². The van der Waals surface area contributed by atoms with Gasteiger partial charge in [0, 0.05) is 37.9 Å². The quantitative estimate of drug-likeness (QED) is 0.874. The summed E-state index contributed by atoms with van der Waals surface area (Å²) in [6.45, 7) is 6.75. The number of carbonyl (C=O) groups excluding carboxylic acids is 1. The molecular weight excluding hydrogens is 292 g/mol. The van der Waals surface area contributed by atoms with Crippen molar-refractivity contribution in [3.05, 3.63) is 47.4 Å². The van der Waals surface area contributed by atoms with Crippen LogP contribution >= 0.6 is 0 Å². The number of rotatable bonds is 3. The summed E-state index contributed by atoms with van der Waals surface area (Å²) < 4.78 is 10.7. The summed E-state index contributed by atoms with van der Waals surface area (Å²) in [6, 6.07) is 9.85. The molecule has 0 unspecified atom stereocenters. The third kappa shape index (κ3) is 3.18. The van der Waals surface area contributed by atoms with Crippen molar-refractivity contribution >= 4 is 11.6 Å². The maximum absolute atomic E-state index is 12.6. The van der Waals surface area contributed by atoms with Gasteiger partial charge in [0.2, 0.25) is 0 Å². The van der Waals surface area contributed by atoms with E-state index in [1.807, 2.05) is 43.0 Å². The summed E-state index contributed by atoms with van der Waals surface area (Å²) in [7, 11) is 1.67. The molecule has 2 heterocycles. The molecule has 23 heavy (non-hydrogen) atoms. The van der Waals surface area contributed by atoms with Crippen molar-refractivity contribution in [1.29, 1.82) is 0 Å². The third-order valence-corrected chi connectivity index (χ3v) is 4.26. The second-order valence-corrected chi connectivity index (χ2v) is 5.81. The van der Waals surface area contributed by atoms with Gasteiger partial charge in [0.1, 0.15) is 17.3 Å². The lowest BCUT2D eigenvalue weighted by Gasteiger charge is -2.36. The van der Waals surface area contributed by atoms with Crippen LogP contribution in [-0.2, 0) is 0 Å². The molecule has 1 fully saturated rings. The van der Waals surface area contributed by atoms with E-state index in [1.165, 1.54) is 0 Å². The van der Waals surface area contributed by atoms with Crippen LogP contribution in [0, 0.1) is 13.8 Å². The van der Waals surface area contributed by atoms with E-state index in [0.29, 0.717) is 24.4 Å². The summed E-state index contributed by atoms with van der Waals surface area (Å²) in [6.07, 6.45) is 0. The van der Waals surface area contributed by atoms with E-state index >= 15 is 0 Å². The number of anilines is 1. The SMILES string of the molecule is COc1cccc(N2CCN(C(=O)c3cc(C)oc3C)CC2)c1. The zero-order valence-electron chi connectivity index (χ0n) is 13.8. The molecule has 0 spiro atoms. The van der Waals surface area contributed by atoms with E-state index < -0.39 is 0 Å². The highest BCUT2D eigenvalue weighted by Crippen LogP contribution is 2.23. The molecule has 5 heteroatoms. The fourth-order valence-corrected chi connectivity index (χ4v) is 2.99. The summed E-state index contributed by atoms with van der Waals surface area (Å²) >= 11 is 0. The van der Waals surface area contributed by atoms with Crippen molar-refractivity contribution in [2.45, 2.75) is 13.8 Å². The number of nitrogens with zero attached hydrogens (tertiary/aromatic N) is 2. The number of piperazine rings is 1. The molecule has 1 aromatic carbocycles. The van der Waals surface area contributed by atoms with Gasteiger partial charge in [-0.3, -0.25) is 4.79 Å². The summed E-state index contributed by atoms with van der Waals surface area (Å²) in [4.78, 5) is 16.8. The molecule has 1 amide bonds. The molecule has 2 aromatic rings. The number of amides is 1. The number of aryl methyl sites for hydroxylation is 2. The Kier molecular flexibility index (Phi) is 4.28. The summed E-state index contributed by atoms with van der Waals surface area (Å²) in [5, 5.41) is 0. The van der Waals surface area contributed by atoms with E-state index in [9.17, 15) is 4.79 Å². The molecule has 0 aliphatic carbocycles. The summed E-state index contributed by atoms with van der Waals surface area (Å²) in [5.74, 6) is 2.39. The molecule has 1 aliphatic heterocycles. The topological polar surface area (TPSA) is 45.9 Å². The van der Waals surface area contributed by atoms with Gasteiger partial charge in [-0.15, -0.1) is 0 Å². The van der Waals surface area contributed by atoms with Crippen molar-refractivity contribution in [1.82, 2.24) is 4.90 Å².